The molecule has 10 heteroatoms. The Balaban J connectivity index is 1.80. The highest BCUT2D eigenvalue weighted by molar-refractivity contribution is 7.91. The van der Waals surface area contributed by atoms with Crippen LogP contribution in [0.25, 0.3) is 0 Å². The molecule has 1 saturated heterocycles. The van der Waals surface area contributed by atoms with Gasteiger partial charge in [-0.1, -0.05) is 5.16 Å². The predicted octanol–water partition coefficient (Wildman–Crippen LogP) is 1.08. The number of nitrogens with zero attached hydrogens (tertiary/aromatic N) is 4. The molecule has 3 heterocycles. The molecule has 0 bridgehead atoms. The van der Waals surface area contributed by atoms with Crippen LogP contribution in [0.4, 0.5) is 11.6 Å². The fourth-order valence-corrected chi connectivity index (χ4v) is 4.50. The Morgan fingerprint density at radius 2 is 2.04 bits per heavy atom. The smallest absolute Gasteiger partial charge is 0.272 e. The number of aromatic nitrogens is 3. The topological polar surface area (TPSA) is 118 Å². The molecule has 1 aliphatic rings. The van der Waals surface area contributed by atoms with Crippen LogP contribution in [0.15, 0.2) is 16.7 Å². The van der Waals surface area contributed by atoms with Crippen LogP contribution in [0, 0.1) is 13.8 Å². The quantitative estimate of drug-likeness (QED) is 0.855. The van der Waals surface area contributed by atoms with Gasteiger partial charge in [0.1, 0.15) is 23.1 Å². The average molecular weight is 365 g/mol. The lowest BCUT2D eigenvalue weighted by Gasteiger charge is -2.23. The van der Waals surface area contributed by atoms with Crippen molar-refractivity contribution >= 4 is 27.4 Å². The van der Waals surface area contributed by atoms with E-state index in [1.165, 1.54) is 11.0 Å². The predicted molar refractivity (Wildman–Crippen MR) is 90.4 cm³/mol. The lowest BCUT2D eigenvalue weighted by Crippen LogP contribution is -2.38. The number of carbonyl (C=O) groups is 1. The fourth-order valence-electron chi connectivity index (χ4n) is 2.73. The van der Waals surface area contributed by atoms with E-state index in [1.807, 2.05) is 0 Å². The maximum atomic E-state index is 12.7. The molecule has 1 fully saturated rings. The summed E-state index contributed by atoms with van der Waals surface area (Å²) in [6, 6.07) is 2.88. The van der Waals surface area contributed by atoms with Gasteiger partial charge in [-0.25, -0.2) is 18.4 Å². The van der Waals surface area contributed by atoms with Gasteiger partial charge in [0.15, 0.2) is 15.7 Å². The third-order valence-corrected chi connectivity index (χ3v) is 5.77. The van der Waals surface area contributed by atoms with Crippen molar-refractivity contribution in [2.75, 3.05) is 23.9 Å². The number of amides is 1. The standard InChI is InChI=1S/C15H19N5O4S/c1-9-6-14(19-24-9)18-13-7-12(16-10(2)17-13)15(21)20(3)11-4-5-25(22,23)8-11/h6-7,11H,4-5,8H2,1-3H3,(H,16,17,18,19). The Kier molecular flexibility index (Phi) is 4.46. The maximum Gasteiger partial charge on any atom is 0.272 e. The minimum absolute atomic E-state index is 0.0113. The zero-order valence-electron chi connectivity index (χ0n) is 14.2. The fraction of sp³-hybridized carbons (Fsp3) is 0.467. The first-order chi connectivity index (χ1) is 11.7. The molecule has 0 spiro atoms. The van der Waals surface area contributed by atoms with Crippen molar-refractivity contribution in [3.05, 3.63) is 29.4 Å². The molecule has 25 heavy (non-hydrogen) atoms. The zero-order chi connectivity index (χ0) is 18.2. The first-order valence-electron chi connectivity index (χ1n) is 7.77. The summed E-state index contributed by atoms with van der Waals surface area (Å²) in [7, 11) is -1.47. The molecule has 3 rings (SSSR count). The van der Waals surface area contributed by atoms with E-state index in [-0.39, 0.29) is 29.1 Å². The van der Waals surface area contributed by atoms with Gasteiger partial charge in [-0.05, 0) is 20.3 Å². The lowest BCUT2D eigenvalue weighted by atomic mass is 10.2. The molecule has 1 unspecified atom stereocenters. The van der Waals surface area contributed by atoms with Gasteiger partial charge in [0.25, 0.3) is 5.91 Å². The highest BCUT2D eigenvalue weighted by Crippen LogP contribution is 2.20. The Bertz CT molecular complexity index is 908. The Hall–Kier alpha value is -2.49. The number of carbonyl (C=O) groups excluding carboxylic acids is 1. The second kappa shape index (κ2) is 6.43. The summed E-state index contributed by atoms with van der Waals surface area (Å²) in [4.78, 5) is 22.5. The van der Waals surface area contributed by atoms with Crippen LogP contribution in [0.2, 0.25) is 0 Å². The third kappa shape index (κ3) is 3.95. The van der Waals surface area contributed by atoms with Crippen molar-refractivity contribution in [3.8, 4) is 0 Å². The molecule has 0 radical (unpaired) electrons. The van der Waals surface area contributed by atoms with Gasteiger partial charge in [-0.15, -0.1) is 0 Å². The monoisotopic (exact) mass is 365 g/mol. The summed E-state index contributed by atoms with van der Waals surface area (Å²) >= 11 is 0. The number of anilines is 2. The molecule has 9 nitrogen and oxygen atoms in total. The van der Waals surface area contributed by atoms with Crippen molar-refractivity contribution in [3.63, 3.8) is 0 Å². The van der Waals surface area contributed by atoms with Crippen LogP contribution in [0.5, 0.6) is 0 Å². The van der Waals surface area contributed by atoms with Gasteiger partial charge < -0.3 is 14.7 Å². The van der Waals surface area contributed by atoms with E-state index in [0.717, 1.165) is 0 Å². The minimum Gasteiger partial charge on any atom is -0.360 e. The molecule has 1 N–H and O–H groups in total. The van der Waals surface area contributed by atoms with Crippen molar-refractivity contribution in [2.45, 2.75) is 26.3 Å². The highest BCUT2D eigenvalue weighted by Gasteiger charge is 2.33. The van der Waals surface area contributed by atoms with Gasteiger partial charge in [0.2, 0.25) is 0 Å². The van der Waals surface area contributed by atoms with Crippen LogP contribution in [-0.2, 0) is 9.84 Å². The van der Waals surface area contributed by atoms with Crippen LogP contribution < -0.4 is 5.32 Å². The zero-order valence-corrected chi connectivity index (χ0v) is 15.0. The summed E-state index contributed by atoms with van der Waals surface area (Å²) in [6.07, 6.45) is 0.442. The molecule has 1 atom stereocenters. The number of aryl methyl sites for hydroxylation is 2. The van der Waals surface area contributed by atoms with Crippen LogP contribution >= 0.6 is 0 Å². The normalized spacial score (nSPS) is 18.9. The molecule has 0 aromatic carbocycles. The largest absolute Gasteiger partial charge is 0.360 e. The van der Waals surface area contributed by atoms with Crippen LogP contribution in [0.3, 0.4) is 0 Å². The van der Waals surface area contributed by atoms with E-state index in [2.05, 4.69) is 20.4 Å². The average Bonchev–Trinajstić information content (AvgIpc) is 3.10. The van der Waals surface area contributed by atoms with Crippen molar-refractivity contribution in [1.29, 1.82) is 0 Å². The first-order valence-corrected chi connectivity index (χ1v) is 9.59. The van der Waals surface area contributed by atoms with E-state index in [1.54, 1.807) is 27.0 Å². The Morgan fingerprint density at radius 3 is 2.64 bits per heavy atom. The third-order valence-electron chi connectivity index (χ3n) is 4.02. The van der Waals surface area contributed by atoms with Crippen LogP contribution in [0.1, 0.15) is 28.5 Å². The molecule has 0 aliphatic carbocycles. The van der Waals surface area contributed by atoms with Gasteiger partial charge in [-0.3, -0.25) is 4.79 Å². The Morgan fingerprint density at radius 1 is 1.28 bits per heavy atom. The van der Waals surface area contributed by atoms with Gasteiger partial charge in [0, 0.05) is 25.2 Å². The summed E-state index contributed by atoms with van der Waals surface area (Å²) < 4.78 is 28.2. The van der Waals surface area contributed by atoms with E-state index in [9.17, 15) is 13.2 Å². The number of nitrogens with one attached hydrogen (secondary N) is 1. The number of hydrogen-bond donors (Lipinski definition) is 1. The number of rotatable bonds is 4. The molecule has 1 aliphatic heterocycles. The van der Waals surface area contributed by atoms with E-state index in [0.29, 0.717) is 29.6 Å². The second-order valence-electron chi connectivity index (χ2n) is 6.11. The van der Waals surface area contributed by atoms with Gasteiger partial charge in [0.05, 0.1) is 11.5 Å². The molecular formula is C15H19N5O4S. The molecule has 134 valence electrons. The van der Waals surface area contributed by atoms with Crippen molar-refractivity contribution < 1.29 is 17.7 Å². The summed E-state index contributed by atoms with van der Waals surface area (Å²) in [6.45, 7) is 3.44. The van der Waals surface area contributed by atoms with Crippen molar-refractivity contribution in [1.82, 2.24) is 20.0 Å². The lowest BCUT2D eigenvalue weighted by molar-refractivity contribution is 0.0741. The van der Waals surface area contributed by atoms with E-state index < -0.39 is 9.84 Å². The van der Waals surface area contributed by atoms with Crippen LogP contribution in [-0.4, -0.2) is 58.9 Å². The molecule has 0 saturated carbocycles. The van der Waals surface area contributed by atoms with E-state index >= 15 is 0 Å². The van der Waals surface area contributed by atoms with Crippen molar-refractivity contribution in [2.24, 2.45) is 0 Å². The second-order valence-corrected chi connectivity index (χ2v) is 8.34. The SMILES string of the molecule is Cc1nc(Nc2cc(C)on2)cc(C(=O)N(C)C2CCS(=O)(=O)C2)n1. The summed E-state index contributed by atoms with van der Waals surface area (Å²) in [5, 5.41) is 6.78. The van der Waals surface area contributed by atoms with Gasteiger partial charge in [-0.2, -0.15) is 0 Å². The molecule has 1 amide bonds. The maximum absolute atomic E-state index is 12.7. The molecule has 2 aromatic heterocycles. The molecular weight excluding hydrogens is 346 g/mol. The first kappa shape index (κ1) is 17.3. The Labute approximate surface area is 145 Å². The van der Waals surface area contributed by atoms with E-state index in [4.69, 9.17) is 4.52 Å². The summed E-state index contributed by atoms with van der Waals surface area (Å²) in [5.41, 5.74) is 0.196. The molecule has 2 aromatic rings. The highest BCUT2D eigenvalue weighted by atomic mass is 32.2. The summed E-state index contributed by atoms with van der Waals surface area (Å²) in [5.74, 6) is 1.71. The minimum atomic E-state index is -3.07. The van der Waals surface area contributed by atoms with Gasteiger partial charge >= 0.3 is 0 Å². The number of hydrogen-bond acceptors (Lipinski definition) is 8. The number of sulfone groups is 1.